The summed E-state index contributed by atoms with van der Waals surface area (Å²) in [6, 6.07) is 21.6. The fourth-order valence-corrected chi connectivity index (χ4v) is 9.69. The molecule has 2 N–H and O–H groups in total. The fourth-order valence-electron chi connectivity index (χ4n) is 8.36. The third-order valence-corrected chi connectivity index (χ3v) is 14.0. The number of benzene rings is 4. The molecule has 0 spiro atoms. The number of rotatable bonds is 15. The van der Waals surface area contributed by atoms with Gasteiger partial charge in [-0.3, -0.25) is 19.8 Å². The van der Waals surface area contributed by atoms with Crippen molar-refractivity contribution in [1.82, 2.24) is 14.5 Å². The second-order valence-electron chi connectivity index (χ2n) is 17.2. The van der Waals surface area contributed by atoms with E-state index in [0.29, 0.717) is 13.1 Å². The van der Waals surface area contributed by atoms with Gasteiger partial charge in [-0.1, -0.05) is 60.8 Å². The van der Waals surface area contributed by atoms with Crippen molar-refractivity contribution in [3.05, 3.63) is 116 Å². The third-order valence-electron chi connectivity index (χ3n) is 12.0. The van der Waals surface area contributed by atoms with E-state index in [1.807, 2.05) is 19.2 Å². The summed E-state index contributed by atoms with van der Waals surface area (Å²) in [4.78, 5) is 31.9. The number of ether oxygens (including phenoxy) is 3. The van der Waals surface area contributed by atoms with E-state index in [4.69, 9.17) is 37.4 Å². The number of nitrogens with zero attached hydrogens (tertiary/aromatic N) is 4. The number of hydrogen-bond donors (Lipinski definition) is 2. The lowest BCUT2D eigenvalue weighted by molar-refractivity contribution is -0.384. The van der Waals surface area contributed by atoms with Crippen molar-refractivity contribution in [2.24, 2.45) is 5.41 Å². The number of allylic oxidation sites excluding steroid dienone is 1. The minimum atomic E-state index is -4.59. The van der Waals surface area contributed by atoms with Crippen LogP contribution in [0.2, 0.25) is 10.0 Å². The number of nitrogens with one attached hydrogen (secondary N) is 2. The number of hydrogen-bond acceptors (Lipinski definition) is 12. The molecule has 3 aliphatic rings. The molecule has 0 bridgehead atoms. The molecule has 336 valence electrons. The monoisotopic (exact) mass is 920 g/mol. The predicted molar refractivity (Wildman–Crippen MR) is 247 cm³/mol. The van der Waals surface area contributed by atoms with Gasteiger partial charge in [0.25, 0.3) is 21.6 Å². The van der Waals surface area contributed by atoms with Crippen LogP contribution in [0.5, 0.6) is 17.2 Å². The first-order valence-corrected chi connectivity index (χ1v) is 23.3. The van der Waals surface area contributed by atoms with Crippen molar-refractivity contribution in [1.29, 1.82) is 0 Å². The van der Waals surface area contributed by atoms with Crippen LogP contribution in [0.3, 0.4) is 0 Å². The van der Waals surface area contributed by atoms with Crippen molar-refractivity contribution in [3.8, 4) is 17.2 Å². The molecule has 0 radical (unpaired) electrons. The standard InChI is InChI=1S/C46H54Cl2N6O8S/c1-46(2)19-16-32(38(28-46)31-8-10-33(47)11-9-31)29-52-22-24-53(25-23-52)35-12-14-37(43(26-35)62-42-7-5-6-41(44(42)48)61-30-60-4)45(55)50-63(58,59)36-13-15-39(40(27-36)54(56)57)49-34-17-20-51(3)21-18-34/h5-15,26-27,34,49H,16-25,28-30H2,1-4H3,(H,50,55). The lowest BCUT2D eigenvalue weighted by Crippen LogP contribution is -2.47. The highest BCUT2D eigenvalue weighted by atomic mass is 35.5. The predicted octanol–water partition coefficient (Wildman–Crippen LogP) is 9.09. The number of carbonyl (C=O) groups is 1. The van der Waals surface area contributed by atoms with Crippen LogP contribution >= 0.6 is 23.2 Å². The Morgan fingerprint density at radius 1 is 0.921 bits per heavy atom. The molecule has 2 aliphatic heterocycles. The molecule has 4 aromatic rings. The summed E-state index contributed by atoms with van der Waals surface area (Å²) in [5, 5.41) is 16.2. The number of amides is 1. The maximum atomic E-state index is 14.0. The normalized spacial score (nSPS) is 17.7. The number of halogens is 2. The van der Waals surface area contributed by atoms with E-state index in [1.54, 1.807) is 30.3 Å². The molecule has 2 fully saturated rings. The average molecular weight is 922 g/mol. The second kappa shape index (κ2) is 19.9. The molecule has 0 unspecified atom stereocenters. The number of methoxy groups -OCH3 is 1. The van der Waals surface area contributed by atoms with Crippen LogP contribution in [0.1, 0.15) is 61.9 Å². The highest BCUT2D eigenvalue weighted by Gasteiger charge is 2.31. The van der Waals surface area contributed by atoms with Crippen LogP contribution in [-0.4, -0.2) is 102 Å². The Morgan fingerprint density at radius 3 is 2.33 bits per heavy atom. The van der Waals surface area contributed by atoms with E-state index in [2.05, 4.69) is 50.7 Å². The van der Waals surface area contributed by atoms with Crippen molar-refractivity contribution in [2.75, 3.05) is 77.0 Å². The van der Waals surface area contributed by atoms with E-state index < -0.39 is 31.4 Å². The van der Waals surface area contributed by atoms with Gasteiger partial charge in [0.1, 0.15) is 28.0 Å². The Kier molecular flexibility index (Phi) is 14.5. The first-order chi connectivity index (χ1) is 30.1. The average Bonchev–Trinajstić information content (AvgIpc) is 3.25. The first-order valence-electron chi connectivity index (χ1n) is 21.1. The van der Waals surface area contributed by atoms with Crippen LogP contribution in [0.4, 0.5) is 17.1 Å². The van der Waals surface area contributed by atoms with Crippen molar-refractivity contribution in [2.45, 2.75) is 56.9 Å². The Labute approximate surface area is 379 Å². The van der Waals surface area contributed by atoms with Crippen LogP contribution in [-0.2, 0) is 14.8 Å². The van der Waals surface area contributed by atoms with Gasteiger partial charge < -0.3 is 29.3 Å². The number of likely N-dealkylation sites (tertiary alicyclic amines) is 1. The maximum Gasteiger partial charge on any atom is 0.293 e. The minimum Gasteiger partial charge on any atom is -0.466 e. The third kappa shape index (κ3) is 11.4. The minimum absolute atomic E-state index is 0.00550. The lowest BCUT2D eigenvalue weighted by atomic mass is 9.72. The number of carbonyl (C=O) groups excluding carboxylic acids is 1. The SMILES string of the molecule is COCOc1cccc(Oc2cc(N3CCN(CC4=C(c5ccc(Cl)cc5)CC(C)(C)CC4)CC3)ccc2C(=O)NS(=O)(=O)c2ccc(NC3CCN(C)CC3)c([N+](=O)[O-])c2)c1Cl. The molecule has 0 saturated carbocycles. The summed E-state index contributed by atoms with van der Waals surface area (Å²) >= 11 is 12.9. The number of nitro groups is 1. The van der Waals surface area contributed by atoms with Gasteiger partial charge in [0, 0.05) is 68.7 Å². The van der Waals surface area contributed by atoms with E-state index >= 15 is 0 Å². The molecule has 7 rings (SSSR count). The Balaban J connectivity index is 1.12. The van der Waals surface area contributed by atoms with Crippen LogP contribution < -0.4 is 24.4 Å². The van der Waals surface area contributed by atoms with Gasteiger partial charge in [0.05, 0.1) is 15.4 Å². The maximum absolute atomic E-state index is 14.0. The number of nitro benzene ring substituents is 1. The van der Waals surface area contributed by atoms with Gasteiger partial charge in [-0.2, -0.15) is 0 Å². The molecule has 0 aromatic heterocycles. The quantitative estimate of drug-likeness (QED) is 0.0664. The molecule has 4 aromatic carbocycles. The zero-order valence-corrected chi connectivity index (χ0v) is 38.3. The smallest absolute Gasteiger partial charge is 0.293 e. The van der Waals surface area contributed by atoms with E-state index in [0.717, 1.165) is 81.6 Å². The van der Waals surface area contributed by atoms with Crippen LogP contribution in [0, 0.1) is 15.5 Å². The topological polar surface area (TPSA) is 156 Å². The molecule has 63 heavy (non-hydrogen) atoms. The molecule has 2 heterocycles. The van der Waals surface area contributed by atoms with Crippen molar-refractivity contribution >= 4 is 61.8 Å². The highest BCUT2D eigenvalue weighted by molar-refractivity contribution is 7.90. The zero-order valence-electron chi connectivity index (χ0n) is 36.0. The summed E-state index contributed by atoms with van der Waals surface area (Å²) in [5.41, 5.74) is 4.73. The van der Waals surface area contributed by atoms with Gasteiger partial charge in [0.2, 0.25) is 0 Å². The van der Waals surface area contributed by atoms with Gasteiger partial charge in [-0.15, -0.1) is 0 Å². The molecule has 17 heteroatoms. The fraction of sp³-hybridized carbons (Fsp3) is 0.413. The summed E-state index contributed by atoms with van der Waals surface area (Å²) in [5.74, 6) is -0.517. The molecular weight excluding hydrogens is 868 g/mol. The number of anilines is 2. The Morgan fingerprint density at radius 2 is 1.63 bits per heavy atom. The number of sulfonamides is 1. The van der Waals surface area contributed by atoms with Crippen molar-refractivity contribution in [3.63, 3.8) is 0 Å². The Bertz CT molecular complexity index is 2450. The van der Waals surface area contributed by atoms with Gasteiger partial charge >= 0.3 is 0 Å². The molecular formula is C46H54Cl2N6O8S. The zero-order chi connectivity index (χ0) is 44.9. The molecule has 14 nitrogen and oxygen atoms in total. The number of piperazine rings is 1. The van der Waals surface area contributed by atoms with Gasteiger partial charge in [0.15, 0.2) is 6.79 Å². The molecule has 1 amide bonds. The highest BCUT2D eigenvalue weighted by Crippen LogP contribution is 2.44. The number of piperidine rings is 1. The first kappa shape index (κ1) is 46.1. The van der Waals surface area contributed by atoms with E-state index in [1.165, 1.54) is 42.0 Å². The summed E-state index contributed by atoms with van der Waals surface area (Å²) in [7, 11) is -1.10. The molecule has 2 saturated heterocycles. The van der Waals surface area contributed by atoms with Crippen LogP contribution in [0.25, 0.3) is 5.57 Å². The summed E-state index contributed by atoms with van der Waals surface area (Å²) < 4.78 is 46.5. The molecule has 0 atom stereocenters. The largest absolute Gasteiger partial charge is 0.466 e. The van der Waals surface area contributed by atoms with Crippen molar-refractivity contribution < 1.29 is 32.3 Å². The van der Waals surface area contributed by atoms with Gasteiger partial charge in [-0.05, 0) is 117 Å². The summed E-state index contributed by atoms with van der Waals surface area (Å²) in [6.45, 7) is 10.1. The van der Waals surface area contributed by atoms with E-state index in [-0.39, 0.29) is 51.8 Å². The lowest BCUT2D eigenvalue weighted by Gasteiger charge is -2.39. The summed E-state index contributed by atoms with van der Waals surface area (Å²) in [6.07, 6.45) is 4.72. The van der Waals surface area contributed by atoms with E-state index in [9.17, 15) is 23.3 Å². The Hall–Kier alpha value is -4.90. The van der Waals surface area contributed by atoms with Crippen LogP contribution in [0.15, 0.2) is 89.3 Å². The van der Waals surface area contributed by atoms with Gasteiger partial charge in [-0.25, -0.2) is 13.1 Å². The molecule has 1 aliphatic carbocycles. The second-order valence-corrected chi connectivity index (χ2v) is 19.7.